The van der Waals surface area contributed by atoms with Crippen LogP contribution in [0.15, 0.2) is 12.1 Å². The van der Waals surface area contributed by atoms with E-state index in [0.717, 1.165) is 31.6 Å². The molecule has 134 valence electrons. The van der Waals surface area contributed by atoms with E-state index in [1.54, 1.807) is 19.2 Å². The molecule has 1 amide bonds. The standard InChI is InChI=1S/C17H22Cl2N2O2.ClH/c1-23-13-10-15(18)14(16(19)11-13)9-12-5-8-21(17(12)22)20-6-3-2-4-7-20;/h10-12H,2-9H2,1H3;1H. The highest BCUT2D eigenvalue weighted by Gasteiger charge is 2.36. The van der Waals surface area contributed by atoms with E-state index in [1.165, 1.54) is 19.3 Å². The Labute approximate surface area is 159 Å². The van der Waals surface area contributed by atoms with Gasteiger partial charge in [-0.25, -0.2) is 5.01 Å². The van der Waals surface area contributed by atoms with Crippen LogP contribution < -0.4 is 4.74 Å². The molecule has 2 aliphatic heterocycles. The molecule has 0 saturated carbocycles. The Morgan fingerprint density at radius 2 is 1.75 bits per heavy atom. The molecule has 4 nitrogen and oxygen atoms in total. The van der Waals surface area contributed by atoms with Crippen molar-refractivity contribution in [1.82, 2.24) is 10.0 Å². The van der Waals surface area contributed by atoms with Gasteiger partial charge in [0.2, 0.25) is 5.91 Å². The van der Waals surface area contributed by atoms with Gasteiger partial charge >= 0.3 is 0 Å². The van der Waals surface area contributed by atoms with E-state index >= 15 is 0 Å². The van der Waals surface area contributed by atoms with Crippen molar-refractivity contribution in [1.29, 1.82) is 0 Å². The molecule has 7 heteroatoms. The highest BCUT2D eigenvalue weighted by molar-refractivity contribution is 6.36. The third kappa shape index (κ3) is 4.10. The second kappa shape index (κ2) is 8.61. The number of hydrazine groups is 1. The predicted octanol–water partition coefficient (Wildman–Crippen LogP) is 4.22. The largest absolute Gasteiger partial charge is 0.497 e. The van der Waals surface area contributed by atoms with Crippen LogP contribution in [0.2, 0.25) is 10.0 Å². The van der Waals surface area contributed by atoms with Crippen molar-refractivity contribution in [2.45, 2.75) is 32.1 Å². The lowest BCUT2D eigenvalue weighted by Crippen LogP contribution is -2.47. The first-order valence-electron chi connectivity index (χ1n) is 8.18. The number of carbonyl (C=O) groups is 1. The molecule has 0 N–H and O–H groups in total. The number of hydrogen-bond donors (Lipinski definition) is 0. The molecule has 0 aromatic heterocycles. The number of benzene rings is 1. The van der Waals surface area contributed by atoms with Crippen LogP contribution in [0.1, 0.15) is 31.2 Å². The summed E-state index contributed by atoms with van der Waals surface area (Å²) in [6, 6.07) is 3.51. The molecule has 0 bridgehead atoms. The highest BCUT2D eigenvalue weighted by atomic mass is 35.5. The summed E-state index contributed by atoms with van der Waals surface area (Å²) in [5.41, 5.74) is 0.841. The summed E-state index contributed by atoms with van der Waals surface area (Å²) in [6.45, 7) is 2.78. The molecule has 1 atom stereocenters. The third-order valence-electron chi connectivity index (χ3n) is 4.77. The number of ether oxygens (including phenoxy) is 1. The molecule has 0 spiro atoms. The summed E-state index contributed by atoms with van der Waals surface area (Å²) in [7, 11) is 1.58. The summed E-state index contributed by atoms with van der Waals surface area (Å²) >= 11 is 12.6. The lowest BCUT2D eigenvalue weighted by Gasteiger charge is -2.34. The predicted molar refractivity (Wildman–Crippen MR) is 99.2 cm³/mol. The fraction of sp³-hybridized carbons (Fsp3) is 0.588. The SMILES string of the molecule is COc1cc(Cl)c(CC2CCN(N3CCCCC3)C2=O)c(Cl)c1.Cl. The Balaban J connectivity index is 0.00000208. The highest BCUT2D eigenvalue weighted by Crippen LogP contribution is 2.34. The minimum absolute atomic E-state index is 0. The third-order valence-corrected chi connectivity index (χ3v) is 5.44. The van der Waals surface area contributed by atoms with E-state index in [0.29, 0.717) is 22.2 Å². The van der Waals surface area contributed by atoms with Gasteiger partial charge in [0.15, 0.2) is 0 Å². The summed E-state index contributed by atoms with van der Waals surface area (Å²) in [5.74, 6) is 0.798. The Hall–Kier alpha value is -0.680. The van der Waals surface area contributed by atoms with E-state index in [2.05, 4.69) is 5.01 Å². The van der Waals surface area contributed by atoms with Crippen molar-refractivity contribution in [3.05, 3.63) is 27.7 Å². The number of rotatable bonds is 4. The van der Waals surface area contributed by atoms with E-state index in [4.69, 9.17) is 27.9 Å². The quantitative estimate of drug-likeness (QED) is 0.768. The van der Waals surface area contributed by atoms with E-state index < -0.39 is 0 Å². The maximum atomic E-state index is 12.7. The van der Waals surface area contributed by atoms with Gasteiger partial charge in [-0.3, -0.25) is 9.80 Å². The van der Waals surface area contributed by atoms with Crippen molar-refractivity contribution in [3.8, 4) is 5.75 Å². The maximum absolute atomic E-state index is 12.7. The van der Waals surface area contributed by atoms with Crippen LogP contribution in [0.3, 0.4) is 0 Å². The molecule has 3 rings (SSSR count). The summed E-state index contributed by atoms with van der Waals surface area (Å²) in [5, 5.41) is 5.29. The number of carbonyl (C=O) groups excluding carboxylic acids is 1. The van der Waals surface area contributed by atoms with Crippen molar-refractivity contribution in [2.75, 3.05) is 26.7 Å². The van der Waals surface area contributed by atoms with E-state index in [-0.39, 0.29) is 24.2 Å². The van der Waals surface area contributed by atoms with E-state index in [1.807, 2.05) is 5.01 Å². The molecule has 1 aromatic carbocycles. The van der Waals surface area contributed by atoms with E-state index in [9.17, 15) is 4.79 Å². The van der Waals surface area contributed by atoms with Crippen LogP contribution in [0.5, 0.6) is 5.75 Å². The number of piperidine rings is 1. The molecule has 2 heterocycles. The normalized spacial score (nSPS) is 21.7. The number of hydrogen-bond acceptors (Lipinski definition) is 3. The number of halogens is 3. The monoisotopic (exact) mass is 392 g/mol. The van der Waals surface area contributed by atoms with Gasteiger partial charge in [0, 0.05) is 35.6 Å². The van der Waals surface area contributed by atoms with Gasteiger partial charge in [-0.2, -0.15) is 0 Å². The average molecular weight is 394 g/mol. The molecular formula is C17H23Cl3N2O2. The zero-order chi connectivity index (χ0) is 16.4. The van der Waals surface area contributed by atoms with Crippen LogP contribution in [0, 0.1) is 5.92 Å². The van der Waals surface area contributed by atoms with Crippen molar-refractivity contribution < 1.29 is 9.53 Å². The second-order valence-electron chi connectivity index (χ2n) is 6.24. The number of methoxy groups -OCH3 is 1. The summed E-state index contributed by atoms with van der Waals surface area (Å²) < 4.78 is 5.17. The minimum atomic E-state index is -0.0414. The first-order chi connectivity index (χ1) is 11.1. The van der Waals surface area contributed by atoms with Crippen LogP contribution in [-0.2, 0) is 11.2 Å². The fourth-order valence-corrected chi connectivity index (χ4v) is 4.07. The fourth-order valence-electron chi connectivity index (χ4n) is 3.45. The smallest absolute Gasteiger partial charge is 0.240 e. The zero-order valence-electron chi connectivity index (χ0n) is 13.8. The topological polar surface area (TPSA) is 32.8 Å². The Morgan fingerprint density at radius 1 is 1.12 bits per heavy atom. The Morgan fingerprint density at radius 3 is 2.33 bits per heavy atom. The molecule has 2 fully saturated rings. The van der Waals surface area contributed by atoms with Crippen molar-refractivity contribution >= 4 is 41.5 Å². The molecule has 2 aliphatic rings. The molecule has 1 unspecified atom stereocenters. The Bertz CT molecular complexity index is 568. The van der Waals surface area contributed by atoms with Gasteiger partial charge in [0.1, 0.15) is 5.75 Å². The molecule has 24 heavy (non-hydrogen) atoms. The van der Waals surface area contributed by atoms with Gasteiger partial charge in [-0.15, -0.1) is 12.4 Å². The first-order valence-corrected chi connectivity index (χ1v) is 8.94. The van der Waals surface area contributed by atoms with Gasteiger partial charge in [-0.1, -0.05) is 29.6 Å². The number of nitrogens with zero attached hydrogens (tertiary/aromatic N) is 2. The van der Waals surface area contributed by atoms with Crippen molar-refractivity contribution in [2.24, 2.45) is 5.92 Å². The van der Waals surface area contributed by atoms with Crippen LogP contribution in [-0.4, -0.2) is 42.7 Å². The molecule has 0 aliphatic carbocycles. The number of amides is 1. The first kappa shape index (κ1) is 19.6. The average Bonchev–Trinajstić information content (AvgIpc) is 2.92. The molecule has 1 aromatic rings. The van der Waals surface area contributed by atoms with Crippen molar-refractivity contribution in [3.63, 3.8) is 0 Å². The maximum Gasteiger partial charge on any atom is 0.240 e. The van der Waals surface area contributed by atoms with Gasteiger partial charge < -0.3 is 4.74 Å². The zero-order valence-corrected chi connectivity index (χ0v) is 16.1. The lowest BCUT2D eigenvalue weighted by atomic mass is 9.98. The van der Waals surface area contributed by atoms with Crippen LogP contribution >= 0.6 is 35.6 Å². The Kier molecular flexibility index (Phi) is 7.05. The van der Waals surface area contributed by atoms with Crippen LogP contribution in [0.25, 0.3) is 0 Å². The summed E-state index contributed by atoms with van der Waals surface area (Å²) in [6.07, 6.45) is 5.05. The molecular weight excluding hydrogens is 371 g/mol. The van der Waals surface area contributed by atoms with Gasteiger partial charge in [0.05, 0.1) is 7.11 Å². The molecule has 2 saturated heterocycles. The minimum Gasteiger partial charge on any atom is -0.497 e. The van der Waals surface area contributed by atoms with Gasteiger partial charge in [-0.05, 0) is 43.4 Å². The van der Waals surface area contributed by atoms with Crippen LogP contribution in [0.4, 0.5) is 0 Å². The summed E-state index contributed by atoms with van der Waals surface area (Å²) in [4.78, 5) is 12.7. The molecule has 0 radical (unpaired) electrons. The van der Waals surface area contributed by atoms with Gasteiger partial charge in [0.25, 0.3) is 0 Å². The second-order valence-corrected chi connectivity index (χ2v) is 7.05. The lowest BCUT2D eigenvalue weighted by molar-refractivity contribution is -0.147.